The second-order valence-corrected chi connectivity index (χ2v) is 7.37. The van der Waals surface area contributed by atoms with Crippen LogP contribution in [0.5, 0.6) is 0 Å². The van der Waals surface area contributed by atoms with Crippen LogP contribution in [0.3, 0.4) is 0 Å². The normalized spacial score (nSPS) is 16.1. The van der Waals surface area contributed by atoms with Crippen molar-refractivity contribution in [2.75, 3.05) is 0 Å². The van der Waals surface area contributed by atoms with Gasteiger partial charge in [-0.3, -0.25) is 0 Å². The molecule has 0 unspecified atom stereocenters. The molecule has 1 aliphatic rings. The number of ether oxygens (including phenoxy) is 2. The number of carbonyl (C=O) groups excluding carboxylic acids is 2. The Morgan fingerprint density at radius 3 is 1.81 bits per heavy atom. The summed E-state index contributed by atoms with van der Waals surface area (Å²) in [6, 6.07) is 9.84. The first-order valence-electron chi connectivity index (χ1n) is 9.11. The molecule has 4 heteroatoms. The minimum absolute atomic E-state index is 0.221. The summed E-state index contributed by atoms with van der Waals surface area (Å²) in [7, 11) is 0. The van der Waals surface area contributed by atoms with Gasteiger partial charge in [0.15, 0.2) is 0 Å². The molecule has 0 saturated heterocycles. The van der Waals surface area contributed by atoms with Gasteiger partial charge in [-0.05, 0) is 46.1 Å². The topological polar surface area (TPSA) is 52.6 Å². The van der Waals surface area contributed by atoms with Crippen LogP contribution in [0.15, 0.2) is 53.6 Å². The molecule has 140 valence electrons. The number of hydrogen-bond acceptors (Lipinski definition) is 4. The summed E-state index contributed by atoms with van der Waals surface area (Å²) in [6.45, 7) is 9.19. The standard InChI is InChI=1S/C22H28O4/c1-15(2)25-20(23)18-12-9-13-19(21(24)26-16(3)4)22(18,5)14-17-10-7-6-8-11-17/h6-8,10-13,15-16H,9,14H2,1-5H3. The Bertz CT molecular complexity index is 673. The van der Waals surface area contributed by atoms with Gasteiger partial charge in [0, 0.05) is 16.6 Å². The number of esters is 2. The quantitative estimate of drug-likeness (QED) is 0.709. The fourth-order valence-corrected chi connectivity index (χ4v) is 3.26. The Kier molecular flexibility index (Phi) is 6.41. The van der Waals surface area contributed by atoms with Gasteiger partial charge in [-0.1, -0.05) is 49.4 Å². The zero-order chi connectivity index (χ0) is 19.3. The molecule has 0 bridgehead atoms. The molecule has 2 rings (SSSR count). The van der Waals surface area contributed by atoms with Crippen molar-refractivity contribution in [3.63, 3.8) is 0 Å². The van der Waals surface area contributed by atoms with Gasteiger partial charge in [-0.2, -0.15) is 0 Å². The van der Waals surface area contributed by atoms with Gasteiger partial charge in [0.1, 0.15) is 0 Å². The molecule has 0 radical (unpaired) electrons. The van der Waals surface area contributed by atoms with Crippen LogP contribution in [-0.4, -0.2) is 24.1 Å². The third kappa shape index (κ3) is 4.63. The van der Waals surface area contributed by atoms with Crippen LogP contribution in [0.2, 0.25) is 0 Å². The number of hydrogen-bond donors (Lipinski definition) is 0. The Labute approximate surface area is 155 Å². The molecule has 26 heavy (non-hydrogen) atoms. The molecule has 4 nitrogen and oxygen atoms in total. The van der Waals surface area contributed by atoms with E-state index < -0.39 is 5.41 Å². The molecular weight excluding hydrogens is 328 g/mol. The molecule has 1 aromatic rings. The number of allylic oxidation sites excluding steroid dienone is 2. The van der Waals surface area contributed by atoms with Crippen LogP contribution in [0.25, 0.3) is 0 Å². The third-order valence-electron chi connectivity index (χ3n) is 4.36. The van der Waals surface area contributed by atoms with Gasteiger partial charge in [0.25, 0.3) is 0 Å². The summed E-state index contributed by atoms with van der Waals surface area (Å²) in [5.41, 5.74) is 1.29. The zero-order valence-electron chi connectivity index (χ0n) is 16.2. The maximum Gasteiger partial charge on any atom is 0.334 e. The predicted molar refractivity (Wildman–Crippen MR) is 101 cm³/mol. The molecule has 0 aliphatic heterocycles. The summed E-state index contributed by atoms with van der Waals surface area (Å²) in [5.74, 6) is -0.747. The van der Waals surface area contributed by atoms with Gasteiger partial charge in [0.05, 0.1) is 12.2 Å². The average Bonchev–Trinajstić information content (AvgIpc) is 2.54. The predicted octanol–water partition coefficient (Wildman–Crippen LogP) is 4.40. The van der Waals surface area contributed by atoms with Crippen molar-refractivity contribution in [2.45, 2.75) is 59.7 Å². The number of benzene rings is 1. The molecule has 1 aliphatic carbocycles. The van der Waals surface area contributed by atoms with Crippen LogP contribution in [0.1, 0.15) is 46.6 Å². The van der Waals surface area contributed by atoms with Crippen molar-refractivity contribution < 1.29 is 19.1 Å². The van der Waals surface area contributed by atoms with E-state index in [-0.39, 0.29) is 24.1 Å². The van der Waals surface area contributed by atoms with Crippen molar-refractivity contribution >= 4 is 11.9 Å². The van der Waals surface area contributed by atoms with Crippen LogP contribution >= 0.6 is 0 Å². The summed E-state index contributed by atoms with van der Waals surface area (Å²) < 4.78 is 10.9. The second kappa shape index (κ2) is 8.35. The molecule has 0 aromatic heterocycles. The van der Waals surface area contributed by atoms with Crippen molar-refractivity contribution in [2.24, 2.45) is 5.41 Å². The smallest absolute Gasteiger partial charge is 0.334 e. The maximum atomic E-state index is 12.7. The fourth-order valence-electron chi connectivity index (χ4n) is 3.26. The van der Waals surface area contributed by atoms with E-state index in [1.54, 1.807) is 0 Å². The summed E-state index contributed by atoms with van der Waals surface area (Å²) in [6.07, 6.45) is 4.31. The van der Waals surface area contributed by atoms with Crippen molar-refractivity contribution in [1.29, 1.82) is 0 Å². The lowest BCUT2D eigenvalue weighted by Crippen LogP contribution is -2.37. The molecule has 0 N–H and O–H groups in total. The maximum absolute atomic E-state index is 12.7. The highest BCUT2D eigenvalue weighted by Crippen LogP contribution is 2.43. The third-order valence-corrected chi connectivity index (χ3v) is 4.36. The van der Waals surface area contributed by atoms with E-state index in [0.29, 0.717) is 24.0 Å². The summed E-state index contributed by atoms with van der Waals surface area (Å²) in [4.78, 5) is 25.5. The highest BCUT2D eigenvalue weighted by atomic mass is 16.5. The van der Waals surface area contributed by atoms with E-state index in [4.69, 9.17) is 9.47 Å². The van der Waals surface area contributed by atoms with Gasteiger partial charge >= 0.3 is 11.9 Å². The molecule has 0 spiro atoms. The fraction of sp³-hybridized carbons (Fsp3) is 0.455. The van der Waals surface area contributed by atoms with Crippen molar-refractivity contribution in [3.8, 4) is 0 Å². The largest absolute Gasteiger partial charge is 0.460 e. The van der Waals surface area contributed by atoms with Crippen LogP contribution in [0, 0.1) is 5.41 Å². The number of rotatable bonds is 6. The van der Waals surface area contributed by atoms with Crippen molar-refractivity contribution in [3.05, 3.63) is 59.2 Å². The van der Waals surface area contributed by atoms with Gasteiger partial charge in [-0.15, -0.1) is 0 Å². The molecule has 0 heterocycles. The minimum atomic E-state index is -0.794. The van der Waals surface area contributed by atoms with E-state index in [9.17, 15) is 9.59 Å². The Hall–Kier alpha value is -2.36. The summed E-state index contributed by atoms with van der Waals surface area (Å²) in [5, 5.41) is 0. The molecule has 0 saturated carbocycles. The molecule has 0 fully saturated rings. The lowest BCUT2D eigenvalue weighted by Gasteiger charge is -2.35. The van der Waals surface area contributed by atoms with Crippen LogP contribution in [0.4, 0.5) is 0 Å². The van der Waals surface area contributed by atoms with E-state index in [1.165, 1.54) is 0 Å². The minimum Gasteiger partial charge on any atom is -0.460 e. The first kappa shape index (κ1) is 20.0. The van der Waals surface area contributed by atoms with Crippen molar-refractivity contribution in [1.82, 2.24) is 0 Å². The lowest BCUT2D eigenvalue weighted by molar-refractivity contribution is -0.145. The van der Waals surface area contributed by atoms with E-state index >= 15 is 0 Å². The Balaban J connectivity index is 2.43. The highest BCUT2D eigenvalue weighted by molar-refractivity contribution is 5.98. The second-order valence-electron chi connectivity index (χ2n) is 7.37. The molecule has 0 amide bonds. The first-order chi connectivity index (χ1) is 12.2. The zero-order valence-corrected chi connectivity index (χ0v) is 16.2. The van der Waals surface area contributed by atoms with E-state index in [0.717, 1.165) is 5.56 Å². The van der Waals surface area contributed by atoms with Gasteiger partial charge in [-0.25, -0.2) is 9.59 Å². The number of carbonyl (C=O) groups is 2. The van der Waals surface area contributed by atoms with Crippen LogP contribution < -0.4 is 0 Å². The SMILES string of the molecule is CC(C)OC(=O)C1=CCC=C(C(=O)OC(C)C)C1(C)Cc1ccccc1. The Morgan fingerprint density at radius 1 is 0.923 bits per heavy atom. The molecule has 1 aromatic carbocycles. The van der Waals surface area contributed by atoms with E-state index in [2.05, 4.69) is 0 Å². The molecule has 0 atom stereocenters. The first-order valence-corrected chi connectivity index (χ1v) is 9.11. The van der Waals surface area contributed by atoms with E-state index in [1.807, 2.05) is 77.1 Å². The monoisotopic (exact) mass is 356 g/mol. The summed E-state index contributed by atoms with van der Waals surface area (Å²) >= 11 is 0. The Morgan fingerprint density at radius 2 is 1.38 bits per heavy atom. The van der Waals surface area contributed by atoms with Gasteiger partial charge < -0.3 is 9.47 Å². The lowest BCUT2D eigenvalue weighted by atomic mass is 9.68. The average molecular weight is 356 g/mol. The van der Waals surface area contributed by atoms with Gasteiger partial charge in [0.2, 0.25) is 0 Å². The van der Waals surface area contributed by atoms with Crippen LogP contribution in [-0.2, 0) is 25.5 Å². The molecular formula is C22H28O4. The highest BCUT2D eigenvalue weighted by Gasteiger charge is 2.43.